The van der Waals surface area contributed by atoms with Crippen LogP contribution in [0.15, 0.2) is 36.4 Å². The van der Waals surface area contributed by atoms with Gasteiger partial charge in [0.2, 0.25) is 5.91 Å². The molecule has 0 radical (unpaired) electrons. The second-order valence-electron chi connectivity index (χ2n) is 6.47. The molecule has 5 nitrogen and oxygen atoms in total. The van der Waals surface area contributed by atoms with Crippen molar-refractivity contribution in [2.75, 3.05) is 18.4 Å². The van der Waals surface area contributed by atoms with E-state index in [2.05, 4.69) is 5.32 Å². The Hall–Kier alpha value is -3.34. The van der Waals surface area contributed by atoms with Crippen LogP contribution in [-0.2, 0) is 4.79 Å². The van der Waals surface area contributed by atoms with Gasteiger partial charge in [-0.25, -0.2) is 13.2 Å². The smallest absolute Gasteiger partial charge is 0.256 e. The van der Waals surface area contributed by atoms with E-state index in [0.29, 0.717) is 30.2 Å². The zero-order valence-corrected chi connectivity index (χ0v) is 14.7. The Morgan fingerprint density at radius 1 is 1.00 bits per heavy atom. The standard InChI is InChI=1S/C20H16F3N3O2/c21-16-6-5-15(17(22)18(16)23)20(28)26-9-7-13(8-10-26)19(27)25-14-3-1-12(11-24)2-4-14/h1-6,13H,7-10H2,(H,25,27). The van der Waals surface area contributed by atoms with Crippen LogP contribution in [0, 0.1) is 34.7 Å². The van der Waals surface area contributed by atoms with Crippen LogP contribution in [0.5, 0.6) is 0 Å². The number of nitrogens with zero attached hydrogens (tertiary/aromatic N) is 2. The van der Waals surface area contributed by atoms with E-state index in [1.165, 1.54) is 4.90 Å². The summed E-state index contributed by atoms with van der Waals surface area (Å²) in [6.07, 6.45) is 0.721. The third-order valence-corrected chi connectivity index (χ3v) is 4.70. The monoisotopic (exact) mass is 387 g/mol. The molecule has 0 aromatic heterocycles. The summed E-state index contributed by atoms with van der Waals surface area (Å²) >= 11 is 0. The molecule has 2 aromatic carbocycles. The molecule has 28 heavy (non-hydrogen) atoms. The Labute approximate surface area is 159 Å². The molecule has 1 fully saturated rings. The molecule has 3 rings (SSSR count). The van der Waals surface area contributed by atoms with E-state index in [4.69, 9.17) is 5.26 Å². The Morgan fingerprint density at radius 3 is 2.25 bits per heavy atom. The van der Waals surface area contributed by atoms with Gasteiger partial charge in [0, 0.05) is 24.7 Å². The van der Waals surface area contributed by atoms with Gasteiger partial charge < -0.3 is 10.2 Å². The van der Waals surface area contributed by atoms with Crippen molar-refractivity contribution in [3.05, 3.63) is 65.0 Å². The van der Waals surface area contributed by atoms with Gasteiger partial charge in [0.05, 0.1) is 17.2 Å². The topological polar surface area (TPSA) is 73.2 Å². The highest BCUT2D eigenvalue weighted by atomic mass is 19.2. The minimum Gasteiger partial charge on any atom is -0.339 e. The van der Waals surface area contributed by atoms with Gasteiger partial charge in [-0.3, -0.25) is 9.59 Å². The van der Waals surface area contributed by atoms with Crippen LogP contribution in [0.3, 0.4) is 0 Å². The van der Waals surface area contributed by atoms with E-state index >= 15 is 0 Å². The second kappa shape index (κ2) is 8.13. The van der Waals surface area contributed by atoms with Crippen molar-refractivity contribution in [2.24, 2.45) is 5.92 Å². The number of amides is 2. The minimum absolute atomic E-state index is 0.197. The first-order chi connectivity index (χ1) is 13.4. The number of piperidine rings is 1. The van der Waals surface area contributed by atoms with Crippen LogP contribution in [0.4, 0.5) is 18.9 Å². The molecule has 0 unspecified atom stereocenters. The predicted molar refractivity (Wildman–Crippen MR) is 94.7 cm³/mol. The van der Waals surface area contributed by atoms with Gasteiger partial charge in [0.1, 0.15) is 0 Å². The quantitative estimate of drug-likeness (QED) is 0.820. The van der Waals surface area contributed by atoms with Gasteiger partial charge in [0.15, 0.2) is 17.5 Å². The number of anilines is 1. The fourth-order valence-electron chi connectivity index (χ4n) is 3.08. The first-order valence-corrected chi connectivity index (χ1v) is 8.64. The van der Waals surface area contributed by atoms with Gasteiger partial charge in [-0.1, -0.05) is 0 Å². The lowest BCUT2D eigenvalue weighted by atomic mass is 9.95. The first-order valence-electron chi connectivity index (χ1n) is 8.64. The van der Waals surface area contributed by atoms with Crippen molar-refractivity contribution in [3.8, 4) is 6.07 Å². The molecule has 8 heteroatoms. The van der Waals surface area contributed by atoms with E-state index in [1.54, 1.807) is 24.3 Å². The minimum atomic E-state index is -1.68. The van der Waals surface area contributed by atoms with Crippen LogP contribution in [0.1, 0.15) is 28.8 Å². The lowest BCUT2D eigenvalue weighted by molar-refractivity contribution is -0.121. The molecule has 144 valence electrons. The summed E-state index contributed by atoms with van der Waals surface area (Å²) in [6, 6.07) is 10.1. The maximum absolute atomic E-state index is 13.8. The largest absolute Gasteiger partial charge is 0.339 e. The lowest BCUT2D eigenvalue weighted by Crippen LogP contribution is -2.41. The molecule has 0 aliphatic carbocycles. The average molecular weight is 387 g/mol. The lowest BCUT2D eigenvalue weighted by Gasteiger charge is -2.31. The number of likely N-dealkylation sites (tertiary alicyclic amines) is 1. The average Bonchev–Trinajstić information content (AvgIpc) is 2.72. The van der Waals surface area contributed by atoms with Gasteiger partial charge in [-0.15, -0.1) is 0 Å². The van der Waals surface area contributed by atoms with Crippen LogP contribution >= 0.6 is 0 Å². The van der Waals surface area contributed by atoms with Gasteiger partial charge in [-0.2, -0.15) is 5.26 Å². The Bertz CT molecular complexity index is 946. The van der Waals surface area contributed by atoms with Crippen molar-refractivity contribution in [1.82, 2.24) is 4.90 Å². The number of hydrogen-bond acceptors (Lipinski definition) is 3. The summed E-state index contributed by atoms with van der Waals surface area (Å²) in [5, 5.41) is 11.5. The Kier molecular flexibility index (Phi) is 5.64. The Balaban J connectivity index is 1.59. The fourth-order valence-corrected chi connectivity index (χ4v) is 3.08. The zero-order valence-electron chi connectivity index (χ0n) is 14.7. The highest BCUT2D eigenvalue weighted by Gasteiger charge is 2.30. The molecule has 1 aliphatic rings. The number of benzene rings is 2. The number of nitrogens with one attached hydrogen (secondary N) is 1. The molecule has 1 heterocycles. The van der Waals surface area contributed by atoms with Gasteiger partial charge in [-0.05, 0) is 49.2 Å². The predicted octanol–water partition coefficient (Wildman–Crippen LogP) is 3.47. The van der Waals surface area contributed by atoms with Crippen molar-refractivity contribution in [3.63, 3.8) is 0 Å². The first kappa shape index (κ1) is 19.4. The molecule has 0 spiro atoms. The number of nitriles is 1. The molecule has 0 atom stereocenters. The van der Waals surface area contributed by atoms with Crippen LogP contribution in [0.2, 0.25) is 0 Å². The summed E-state index contributed by atoms with van der Waals surface area (Å²) in [5.41, 5.74) is 0.514. The van der Waals surface area contributed by atoms with E-state index in [9.17, 15) is 22.8 Å². The second-order valence-corrected chi connectivity index (χ2v) is 6.47. The summed E-state index contributed by atoms with van der Waals surface area (Å²) < 4.78 is 40.2. The maximum Gasteiger partial charge on any atom is 0.256 e. The number of carbonyl (C=O) groups excluding carboxylic acids is 2. The molecule has 2 aromatic rings. The molecule has 0 saturated carbocycles. The third-order valence-electron chi connectivity index (χ3n) is 4.70. The van der Waals surface area contributed by atoms with Crippen LogP contribution in [-0.4, -0.2) is 29.8 Å². The summed E-state index contributed by atoms with van der Waals surface area (Å²) in [6.45, 7) is 0.394. The van der Waals surface area contributed by atoms with Gasteiger partial charge in [0.25, 0.3) is 5.91 Å². The zero-order chi connectivity index (χ0) is 20.3. The molecular formula is C20H16F3N3O2. The summed E-state index contributed by atoms with van der Waals surface area (Å²) in [7, 11) is 0. The van der Waals surface area contributed by atoms with Crippen molar-refractivity contribution >= 4 is 17.5 Å². The maximum atomic E-state index is 13.8. The number of rotatable bonds is 3. The number of hydrogen-bond donors (Lipinski definition) is 1. The van der Waals surface area contributed by atoms with E-state index in [-0.39, 0.29) is 24.9 Å². The van der Waals surface area contributed by atoms with Crippen molar-refractivity contribution < 1.29 is 22.8 Å². The summed E-state index contributed by atoms with van der Waals surface area (Å²) in [5.74, 6) is -5.83. The Morgan fingerprint density at radius 2 is 1.64 bits per heavy atom. The highest BCUT2D eigenvalue weighted by molar-refractivity contribution is 5.95. The van der Waals surface area contributed by atoms with Crippen LogP contribution in [0.25, 0.3) is 0 Å². The van der Waals surface area contributed by atoms with Crippen LogP contribution < -0.4 is 5.32 Å². The van der Waals surface area contributed by atoms with E-state index in [1.807, 2.05) is 6.07 Å². The normalized spacial score (nSPS) is 14.4. The van der Waals surface area contributed by atoms with E-state index in [0.717, 1.165) is 6.07 Å². The van der Waals surface area contributed by atoms with Crippen molar-refractivity contribution in [1.29, 1.82) is 5.26 Å². The SMILES string of the molecule is N#Cc1ccc(NC(=O)C2CCN(C(=O)c3ccc(F)c(F)c3F)CC2)cc1. The fraction of sp³-hybridized carbons (Fsp3) is 0.250. The number of halogens is 3. The molecule has 1 saturated heterocycles. The molecule has 1 aliphatic heterocycles. The molecule has 2 amide bonds. The molecule has 0 bridgehead atoms. The van der Waals surface area contributed by atoms with Crippen molar-refractivity contribution in [2.45, 2.75) is 12.8 Å². The third kappa shape index (κ3) is 3.98. The summed E-state index contributed by atoms with van der Waals surface area (Å²) in [4.78, 5) is 26.1. The molecule has 1 N–H and O–H groups in total. The van der Waals surface area contributed by atoms with Gasteiger partial charge >= 0.3 is 0 Å². The van der Waals surface area contributed by atoms with E-state index < -0.39 is 28.9 Å². The number of carbonyl (C=O) groups is 2. The highest BCUT2D eigenvalue weighted by Crippen LogP contribution is 2.23. The molecular weight excluding hydrogens is 371 g/mol.